The van der Waals surface area contributed by atoms with Gasteiger partial charge in [0, 0.05) is 14.2 Å². The van der Waals surface area contributed by atoms with Gasteiger partial charge in [0.25, 0.3) is 0 Å². The summed E-state index contributed by atoms with van der Waals surface area (Å²) in [6.45, 7) is 2.91. The molecule has 18 heavy (non-hydrogen) atoms. The van der Waals surface area contributed by atoms with Crippen molar-refractivity contribution in [3.05, 3.63) is 5.28 Å². The van der Waals surface area contributed by atoms with Crippen molar-refractivity contribution >= 4 is 17.5 Å². The Balaban J connectivity index is 2.61. The maximum atomic E-state index is 5.77. The van der Waals surface area contributed by atoms with E-state index in [1.165, 1.54) is 0 Å². The number of nitrogens with one attached hydrogen (secondary N) is 1. The van der Waals surface area contributed by atoms with Crippen molar-refractivity contribution in [1.82, 2.24) is 15.0 Å². The third-order valence-electron chi connectivity index (χ3n) is 1.98. The van der Waals surface area contributed by atoms with E-state index in [2.05, 4.69) is 20.3 Å². The highest BCUT2D eigenvalue weighted by Crippen LogP contribution is 2.11. The van der Waals surface area contributed by atoms with E-state index in [-0.39, 0.29) is 17.6 Å². The molecule has 0 bridgehead atoms. The molecule has 1 heterocycles. The number of methoxy groups -OCH3 is 2. The summed E-state index contributed by atoms with van der Waals surface area (Å²) in [6, 6.07) is 0.200. The van der Waals surface area contributed by atoms with Crippen LogP contribution in [0.2, 0.25) is 5.28 Å². The van der Waals surface area contributed by atoms with Gasteiger partial charge in [-0.15, -0.1) is 0 Å². The van der Waals surface area contributed by atoms with Gasteiger partial charge in [-0.3, -0.25) is 0 Å². The summed E-state index contributed by atoms with van der Waals surface area (Å²) in [7, 11) is 3.10. The molecule has 0 aliphatic heterocycles. The van der Waals surface area contributed by atoms with Crippen LogP contribution in [0.15, 0.2) is 0 Å². The Kier molecular flexibility index (Phi) is 6.63. The fraction of sp³-hybridized carbons (Fsp3) is 0.700. The van der Waals surface area contributed by atoms with Crippen molar-refractivity contribution in [1.29, 1.82) is 0 Å². The highest BCUT2D eigenvalue weighted by molar-refractivity contribution is 6.28. The lowest BCUT2D eigenvalue weighted by atomic mass is 10.5. The van der Waals surface area contributed by atoms with E-state index in [9.17, 15) is 0 Å². The molecule has 1 aromatic heterocycles. The van der Waals surface area contributed by atoms with Crippen LogP contribution >= 0.6 is 11.6 Å². The lowest BCUT2D eigenvalue weighted by Gasteiger charge is -2.14. The fourth-order valence-corrected chi connectivity index (χ4v) is 1.26. The van der Waals surface area contributed by atoms with Crippen molar-refractivity contribution < 1.29 is 14.2 Å². The molecule has 1 aromatic rings. The predicted molar refractivity (Wildman–Crippen MR) is 66.9 cm³/mol. The Hall–Kier alpha value is -1.18. The normalized spacial score (nSPS) is 10.7. The van der Waals surface area contributed by atoms with Crippen LogP contribution < -0.4 is 10.1 Å². The lowest BCUT2D eigenvalue weighted by Crippen LogP contribution is -2.24. The Morgan fingerprint density at radius 1 is 1.22 bits per heavy atom. The fourth-order valence-electron chi connectivity index (χ4n) is 1.11. The Morgan fingerprint density at radius 2 is 1.94 bits per heavy atom. The van der Waals surface area contributed by atoms with Gasteiger partial charge in [-0.05, 0) is 18.0 Å². The molecular formula is C10H17ClN4O3. The quantitative estimate of drug-likeness (QED) is 0.718. The third-order valence-corrected chi connectivity index (χ3v) is 2.14. The van der Waals surface area contributed by atoms with E-state index in [0.717, 1.165) is 6.42 Å². The van der Waals surface area contributed by atoms with Crippen LogP contribution in [0, 0.1) is 0 Å². The molecule has 0 saturated heterocycles. The number of nitrogens with zero attached hydrogens (tertiary/aromatic N) is 3. The van der Waals surface area contributed by atoms with Gasteiger partial charge in [0.1, 0.15) is 0 Å². The number of hydrogen-bond donors (Lipinski definition) is 1. The second-order valence-corrected chi connectivity index (χ2v) is 3.68. The molecule has 1 rings (SSSR count). The number of anilines is 1. The minimum absolute atomic E-state index is 0.0741. The summed E-state index contributed by atoms with van der Waals surface area (Å²) in [5.41, 5.74) is 0. The maximum absolute atomic E-state index is 5.77. The first-order valence-electron chi connectivity index (χ1n) is 5.53. The van der Waals surface area contributed by atoms with Gasteiger partial charge in [-0.1, -0.05) is 6.92 Å². The van der Waals surface area contributed by atoms with Crippen molar-refractivity contribution in [2.75, 3.05) is 32.7 Å². The van der Waals surface area contributed by atoms with Crippen LogP contribution in [0.5, 0.6) is 6.01 Å². The molecule has 0 radical (unpaired) electrons. The Labute approximate surface area is 111 Å². The van der Waals surface area contributed by atoms with Gasteiger partial charge in [0.2, 0.25) is 11.2 Å². The summed E-state index contributed by atoms with van der Waals surface area (Å²) in [5.74, 6) is 0.320. The Morgan fingerprint density at radius 3 is 2.56 bits per heavy atom. The van der Waals surface area contributed by atoms with Gasteiger partial charge in [-0.25, -0.2) is 0 Å². The zero-order valence-electron chi connectivity index (χ0n) is 10.6. The highest BCUT2D eigenvalue weighted by Gasteiger charge is 2.09. The molecule has 8 heteroatoms. The topological polar surface area (TPSA) is 78.4 Å². The summed E-state index contributed by atoms with van der Waals surface area (Å²) < 4.78 is 15.3. The van der Waals surface area contributed by atoms with Crippen LogP contribution in [-0.4, -0.2) is 48.6 Å². The molecule has 0 unspecified atom stereocenters. The standard InChI is InChI=1S/C10H17ClN4O3/c1-4-5-18-10-14-8(11)13-9(15-10)12-6-7(16-2)17-3/h7H,4-6H2,1-3H3,(H,12,13,14,15). The third kappa shape index (κ3) is 4.99. The molecule has 102 valence electrons. The number of halogens is 1. The van der Waals surface area contributed by atoms with E-state index >= 15 is 0 Å². The lowest BCUT2D eigenvalue weighted by molar-refractivity contribution is -0.0914. The largest absolute Gasteiger partial charge is 0.463 e. The number of ether oxygens (including phenoxy) is 3. The summed E-state index contributed by atoms with van der Waals surface area (Å²) in [5, 5.41) is 3.00. The monoisotopic (exact) mass is 276 g/mol. The van der Waals surface area contributed by atoms with E-state index in [0.29, 0.717) is 19.1 Å². The minimum Gasteiger partial charge on any atom is -0.463 e. The van der Waals surface area contributed by atoms with E-state index < -0.39 is 0 Å². The van der Waals surface area contributed by atoms with E-state index in [4.69, 9.17) is 25.8 Å². The average Bonchev–Trinajstić information content (AvgIpc) is 2.37. The molecule has 0 saturated carbocycles. The van der Waals surface area contributed by atoms with Crippen LogP contribution in [0.4, 0.5) is 5.95 Å². The second-order valence-electron chi connectivity index (χ2n) is 3.34. The van der Waals surface area contributed by atoms with Crippen LogP contribution in [0.3, 0.4) is 0 Å². The van der Waals surface area contributed by atoms with Crippen LogP contribution in [-0.2, 0) is 9.47 Å². The van der Waals surface area contributed by atoms with Gasteiger partial charge in [0.05, 0.1) is 13.2 Å². The first-order chi connectivity index (χ1) is 8.69. The molecule has 0 aromatic carbocycles. The summed E-state index contributed by atoms with van der Waals surface area (Å²) in [4.78, 5) is 11.8. The van der Waals surface area contributed by atoms with Gasteiger partial charge in [0.15, 0.2) is 6.29 Å². The molecule has 1 N–H and O–H groups in total. The highest BCUT2D eigenvalue weighted by atomic mass is 35.5. The van der Waals surface area contributed by atoms with Crippen molar-refractivity contribution in [2.45, 2.75) is 19.6 Å². The predicted octanol–water partition coefficient (Wildman–Crippen LogP) is 1.34. The Bertz CT molecular complexity index is 363. The van der Waals surface area contributed by atoms with Crippen molar-refractivity contribution in [2.24, 2.45) is 0 Å². The number of aromatic nitrogens is 3. The van der Waals surface area contributed by atoms with E-state index in [1.807, 2.05) is 6.92 Å². The van der Waals surface area contributed by atoms with Gasteiger partial charge < -0.3 is 19.5 Å². The maximum Gasteiger partial charge on any atom is 0.322 e. The number of rotatable bonds is 8. The first-order valence-corrected chi connectivity index (χ1v) is 5.91. The zero-order chi connectivity index (χ0) is 13.4. The molecule has 0 aliphatic carbocycles. The molecule has 0 amide bonds. The smallest absolute Gasteiger partial charge is 0.322 e. The van der Waals surface area contributed by atoms with Crippen molar-refractivity contribution in [3.63, 3.8) is 0 Å². The summed E-state index contributed by atoms with van der Waals surface area (Å²) >= 11 is 5.77. The number of hydrogen-bond acceptors (Lipinski definition) is 7. The second kappa shape index (κ2) is 8.02. The molecule has 0 atom stereocenters. The van der Waals surface area contributed by atoms with E-state index in [1.54, 1.807) is 14.2 Å². The molecule has 0 spiro atoms. The molecule has 7 nitrogen and oxygen atoms in total. The van der Waals surface area contributed by atoms with Crippen molar-refractivity contribution in [3.8, 4) is 6.01 Å². The SMILES string of the molecule is CCCOc1nc(Cl)nc(NCC(OC)OC)n1. The molecular weight excluding hydrogens is 260 g/mol. The minimum atomic E-state index is -0.388. The summed E-state index contributed by atoms with van der Waals surface area (Å²) in [6.07, 6.45) is 0.474. The zero-order valence-corrected chi connectivity index (χ0v) is 11.4. The van der Waals surface area contributed by atoms with Gasteiger partial charge >= 0.3 is 6.01 Å². The van der Waals surface area contributed by atoms with Crippen LogP contribution in [0.1, 0.15) is 13.3 Å². The van der Waals surface area contributed by atoms with Crippen LogP contribution in [0.25, 0.3) is 0 Å². The van der Waals surface area contributed by atoms with Gasteiger partial charge in [-0.2, -0.15) is 15.0 Å². The first kappa shape index (κ1) is 14.9. The molecule has 0 fully saturated rings. The average molecular weight is 277 g/mol. The molecule has 0 aliphatic rings.